The molecule has 134 valence electrons. The van der Waals surface area contributed by atoms with Crippen LogP contribution < -0.4 is 10.6 Å². The lowest BCUT2D eigenvalue weighted by atomic mass is 9.97. The minimum Gasteiger partial charge on any atom is -0.467 e. The summed E-state index contributed by atoms with van der Waals surface area (Å²) in [6.07, 6.45) is 2.20. The van der Waals surface area contributed by atoms with Crippen LogP contribution in [0.3, 0.4) is 0 Å². The van der Waals surface area contributed by atoms with Gasteiger partial charge in [0, 0.05) is 5.56 Å². The Morgan fingerprint density at radius 2 is 1.84 bits per heavy atom. The van der Waals surface area contributed by atoms with Gasteiger partial charge in [-0.2, -0.15) is 0 Å². The lowest BCUT2D eigenvalue weighted by molar-refractivity contribution is -0.125. The minimum absolute atomic E-state index is 0.0661. The molecule has 3 unspecified atom stereocenters. The van der Waals surface area contributed by atoms with Gasteiger partial charge in [-0.3, -0.25) is 9.59 Å². The first-order valence-corrected chi connectivity index (χ1v) is 8.37. The van der Waals surface area contributed by atoms with Crippen molar-refractivity contribution in [1.82, 2.24) is 10.6 Å². The molecule has 0 saturated carbocycles. The number of hydrogen-bond acceptors (Lipinski definition) is 4. The molecule has 25 heavy (non-hydrogen) atoms. The summed E-state index contributed by atoms with van der Waals surface area (Å²) in [6.45, 7) is 3.56. The number of carbonyl (C=O) groups is 2. The van der Waals surface area contributed by atoms with Crippen molar-refractivity contribution < 1.29 is 19.1 Å². The van der Waals surface area contributed by atoms with Crippen LogP contribution in [-0.2, 0) is 4.79 Å². The summed E-state index contributed by atoms with van der Waals surface area (Å²) >= 11 is 0. The van der Waals surface area contributed by atoms with E-state index in [4.69, 9.17) is 4.42 Å². The maximum atomic E-state index is 12.7. The maximum absolute atomic E-state index is 12.7. The molecule has 6 nitrogen and oxygen atoms in total. The molecule has 0 aliphatic carbocycles. The van der Waals surface area contributed by atoms with E-state index < -0.39 is 12.1 Å². The number of aliphatic hydroxyl groups excluding tert-OH is 1. The Hall–Kier alpha value is -2.60. The number of aliphatic hydroxyl groups is 1. The molecule has 1 heterocycles. The topological polar surface area (TPSA) is 91.6 Å². The summed E-state index contributed by atoms with van der Waals surface area (Å²) in [5.41, 5.74) is 0.494. The van der Waals surface area contributed by atoms with Gasteiger partial charge in [0.15, 0.2) is 0 Å². The molecule has 0 bridgehead atoms. The van der Waals surface area contributed by atoms with Crippen LogP contribution in [0.5, 0.6) is 0 Å². The lowest BCUT2D eigenvalue weighted by Gasteiger charge is -2.25. The minimum atomic E-state index is -0.707. The van der Waals surface area contributed by atoms with Gasteiger partial charge < -0.3 is 20.2 Å². The molecule has 0 fully saturated rings. The van der Waals surface area contributed by atoms with Gasteiger partial charge in [-0.1, -0.05) is 38.5 Å². The van der Waals surface area contributed by atoms with Crippen molar-refractivity contribution in [2.75, 3.05) is 6.61 Å². The van der Waals surface area contributed by atoms with Crippen LogP contribution in [0.15, 0.2) is 53.1 Å². The Labute approximate surface area is 147 Å². The highest BCUT2D eigenvalue weighted by atomic mass is 16.3. The largest absolute Gasteiger partial charge is 0.467 e. The van der Waals surface area contributed by atoms with Crippen molar-refractivity contribution >= 4 is 11.8 Å². The van der Waals surface area contributed by atoms with Crippen molar-refractivity contribution in [2.45, 2.75) is 32.4 Å². The van der Waals surface area contributed by atoms with Crippen molar-refractivity contribution in [3.8, 4) is 0 Å². The Bertz CT molecular complexity index is 670. The first-order chi connectivity index (χ1) is 12.1. The number of benzene rings is 1. The molecule has 0 aliphatic rings. The molecule has 1 aromatic carbocycles. The maximum Gasteiger partial charge on any atom is 0.251 e. The molecule has 0 spiro atoms. The number of furan rings is 1. The van der Waals surface area contributed by atoms with E-state index in [1.807, 2.05) is 19.9 Å². The third-order valence-electron chi connectivity index (χ3n) is 4.20. The predicted molar refractivity (Wildman–Crippen MR) is 93.8 cm³/mol. The summed E-state index contributed by atoms with van der Waals surface area (Å²) in [4.78, 5) is 25.1. The smallest absolute Gasteiger partial charge is 0.251 e. The number of rotatable bonds is 8. The summed E-state index contributed by atoms with van der Waals surface area (Å²) in [5, 5.41) is 15.1. The van der Waals surface area contributed by atoms with Crippen LogP contribution >= 0.6 is 0 Å². The highest BCUT2D eigenvalue weighted by molar-refractivity contribution is 5.97. The molecule has 1 aromatic heterocycles. The fraction of sp³-hybridized carbons (Fsp3) is 0.368. The van der Waals surface area contributed by atoms with Gasteiger partial charge in [0.1, 0.15) is 17.8 Å². The first kappa shape index (κ1) is 18.7. The van der Waals surface area contributed by atoms with Gasteiger partial charge >= 0.3 is 0 Å². The second kappa shape index (κ2) is 9.03. The molecule has 2 amide bonds. The van der Waals surface area contributed by atoms with E-state index in [2.05, 4.69) is 10.6 Å². The summed E-state index contributed by atoms with van der Waals surface area (Å²) in [6, 6.07) is 10.8. The van der Waals surface area contributed by atoms with Crippen LogP contribution in [0.4, 0.5) is 0 Å². The average Bonchev–Trinajstić information content (AvgIpc) is 3.18. The fourth-order valence-electron chi connectivity index (χ4n) is 2.47. The average molecular weight is 344 g/mol. The number of hydrogen-bond donors (Lipinski definition) is 3. The highest BCUT2D eigenvalue weighted by Crippen LogP contribution is 2.15. The molecule has 3 atom stereocenters. The number of nitrogens with one attached hydrogen (secondary N) is 2. The summed E-state index contributed by atoms with van der Waals surface area (Å²) in [5.74, 6) is -0.259. The fourth-order valence-corrected chi connectivity index (χ4v) is 2.47. The van der Waals surface area contributed by atoms with Crippen LogP contribution in [0.2, 0.25) is 0 Å². The zero-order chi connectivity index (χ0) is 18.2. The second-order valence-electron chi connectivity index (χ2n) is 5.96. The molecule has 0 radical (unpaired) electrons. The van der Waals surface area contributed by atoms with E-state index in [0.717, 1.165) is 6.42 Å². The van der Waals surface area contributed by atoms with Crippen LogP contribution in [-0.4, -0.2) is 29.6 Å². The van der Waals surface area contributed by atoms with E-state index in [0.29, 0.717) is 11.3 Å². The van der Waals surface area contributed by atoms with Crippen molar-refractivity contribution in [3.63, 3.8) is 0 Å². The molecule has 0 aliphatic heterocycles. The zero-order valence-corrected chi connectivity index (χ0v) is 14.4. The van der Waals surface area contributed by atoms with Gasteiger partial charge in [-0.05, 0) is 30.2 Å². The van der Waals surface area contributed by atoms with Crippen molar-refractivity contribution in [2.24, 2.45) is 5.92 Å². The van der Waals surface area contributed by atoms with E-state index in [-0.39, 0.29) is 24.3 Å². The van der Waals surface area contributed by atoms with Gasteiger partial charge in [0.25, 0.3) is 5.91 Å². The van der Waals surface area contributed by atoms with E-state index in [1.54, 1.807) is 36.4 Å². The number of amides is 2. The Kier molecular flexibility index (Phi) is 6.77. The van der Waals surface area contributed by atoms with Crippen molar-refractivity contribution in [3.05, 3.63) is 60.1 Å². The summed E-state index contributed by atoms with van der Waals surface area (Å²) in [7, 11) is 0. The molecular formula is C19H24N2O4. The molecule has 2 rings (SSSR count). The third kappa shape index (κ3) is 4.93. The monoisotopic (exact) mass is 344 g/mol. The molecule has 3 N–H and O–H groups in total. The first-order valence-electron chi connectivity index (χ1n) is 8.37. The van der Waals surface area contributed by atoms with Crippen LogP contribution in [0.1, 0.15) is 42.4 Å². The zero-order valence-electron chi connectivity index (χ0n) is 14.4. The third-order valence-corrected chi connectivity index (χ3v) is 4.20. The second-order valence-corrected chi connectivity index (χ2v) is 5.96. The summed E-state index contributed by atoms with van der Waals surface area (Å²) < 4.78 is 5.24. The quantitative estimate of drug-likeness (QED) is 0.685. The van der Waals surface area contributed by atoms with E-state index in [1.165, 1.54) is 6.26 Å². The standard InChI is InChI=1S/C19H24N2O4/c1-3-13(2)17(21-18(23)14-8-5-4-6-9-14)19(24)20-15(12-22)16-10-7-11-25-16/h4-11,13,15,17,22H,3,12H2,1-2H3,(H,20,24)(H,21,23). The van der Waals surface area contributed by atoms with Crippen molar-refractivity contribution in [1.29, 1.82) is 0 Å². The Balaban J connectivity index is 2.10. The number of carbonyl (C=O) groups excluding carboxylic acids is 2. The van der Waals surface area contributed by atoms with Crippen LogP contribution in [0.25, 0.3) is 0 Å². The predicted octanol–water partition coefficient (Wildman–Crippen LogP) is 2.27. The molecule has 2 aromatic rings. The van der Waals surface area contributed by atoms with Gasteiger partial charge in [-0.15, -0.1) is 0 Å². The molecule has 6 heteroatoms. The SMILES string of the molecule is CCC(C)C(NC(=O)c1ccccc1)C(=O)NC(CO)c1ccco1. The van der Waals surface area contributed by atoms with Crippen LogP contribution in [0, 0.1) is 5.92 Å². The Morgan fingerprint density at radius 3 is 2.40 bits per heavy atom. The van der Waals surface area contributed by atoms with Gasteiger partial charge in [0.2, 0.25) is 5.91 Å². The Morgan fingerprint density at radius 1 is 1.12 bits per heavy atom. The normalized spacial score (nSPS) is 14.4. The molecule has 0 saturated heterocycles. The lowest BCUT2D eigenvalue weighted by Crippen LogP contribution is -2.51. The van der Waals surface area contributed by atoms with E-state index >= 15 is 0 Å². The van der Waals surface area contributed by atoms with Gasteiger partial charge in [-0.25, -0.2) is 0 Å². The molecular weight excluding hydrogens is 320 g/mol. The highest BCUT2D eigenvalue weighted by Gasteiger charge is 2.28. The van der Waals surface area contributed by atoms with Gasteiger partial charge in [0.05, 0.1) is 12.9 Å². The van der Waals surface area contributed by atoms with E-state index in [9.17, 15) is 14.7 Å².